The summed E-state index contributed by atoms with van der Waals surface area (Å²) in [6.45, 7) is 1.63. The first-order chi connectivity index (χ1) is 9.38. The van der Waals surface area contributed by atoms with Gasteiger partial charge < -0.3 is 14.5 Å². The number of para-hydroxylation sites is 1. The van der Waals surface area contributed by atoms with Crippen molar-refractivity contribution in [1.29, 1.82) is 5.26 Å². The maximum absolute atomic E-state index is 9.12. The molecule has 0 bridgehead atoms. The van der Waals surface area contributed by atoms with Gasteiger partial charge in [0.15, 0.2) is 5.75 Å². The standard InChI is InChI=1S/C15H16N2O2/c16-9-14-15(12-6-1-2-7-13(12)19-14)18-10-11-5-3-4-8-17-11/h1-2,6-7,11,17H,3-5,8,10H2. The Morgan fingerprint density at radius 1 is 1.37 bits per heavy atom. The third-order valence-corrected chi connectivity index (χ3v) is 3.49. The summed E-state index contributed by atoms with van der Waals surface area (Å²) >= 11 is 0. The molecule has 1 fully saturated rings. The Bertz CT molecular complexity index is 606. The van der Waals surface area contributed by atoms with E-state index < -0.39 is 0 Å². The second-order valence-corrected chi connectivity index (χ2v) is 4.83. The zero-order valence-electron chi connectivity index (χ0n) is 10.7. The minimum absolute atomic E-state index is 0.261. The normalized spacial score (nSPS) is 19.2. The molecule has 1 unspecified atom stereocenters. The Morgan fingerprint density at radius 3 is 3.05 bits per heavy atom. The minimum atomic E-state index is 0.261. The van der Waals surface area contributed by atoms with Crippen molar-refractivity contribution in [3.63, 3.8) is 0 Å². The SMILES string of the molecule is N#Cc1oc2ccccc2c1OCC1CCCCN1. The van der Waals surface area contributed by atoms with Crippen LogP contribution in [0.25, 0.3) is 11.0 Å². The summed E-state index contributed by atoms with van der Waals surface area (Å²) in [5.74, 6) is 0.836. The molecule has 1 atom stereocenters. The molecule has 1 aliphatic rings. The molecule has 1 saturated heterocycles. The van der Waals surface area contributed by atoms with Crippen molar-refractivity contribution in [3.05, 3.63) is 30.0 Å². The van der Waals surface area contributed by atoms with Gasteiger partial charge in [-0.3, -0.25) is 0 Å². The van der Waals surface area contributed by atoms with Crippen LogP contribution in [0.5, 0.6) is 5.75 Å². The molecule has 3 rings (SSSR count). The second kappa shape index (κ2) is 5.33. The smallest absolute Gasteiger partial charge is 0.246 e. The molecular weight excluding hydrogens is 240 g/mol. The van der Waals surface area contributed by atoms with Crippen molar-refractivity contribution in [3.8, 4) is 11.8 Å². The summed E-state index contributed by atoms with van der Waals surface area (Å²) in [5.41, 5.74) is 0.700. The second-order valence-electron chi connectivity index (χ2n) is 4.83. The predicted octanol–water partition coefficient (Wildman–Crippen LogP) is 2.83. The lowest BCUT2D eigenvalue weighted by Gasteiger charge is -2.23. The van der Waals surface area contributed by atoms with Gasteiger partial charge in [0.2, 0.25) is 5.76 Å². The van der Waals surface area contributed by atoms with Crippen molar-refractivity contribution in [2.24, 2.45) is 0 Å². The highest BCUT2D eigenvalue weighted by Crippen LogP contribution is 2.32. The molecule has 1 aromatic heterocycles. The number of piperidine rings is 1. The fourth-order valence-corrected chi connectivity index (χ4v) is 2.49. The van der Waals surface area contributed by atoms with E-state index in [0.717, 1.165) is 18.4 Å². The molecule has 4 nitrogen and oxygen atoms in total. The van der Waals surface area contributed by atoms with E-state index in [1.54, 1.807) is 0 Å². The maximum atomic E-state index is 9.12. The van der Waals surface area contributed by atoms with Gasteiger partial charge in [-0.05, 0) is 31.5 Å². The van der Waals surface area contributed by atoms with Crippen LogP contribution in [0.15, 0.2) is 28.7 Å². The third kappa shape index (κ3) is 2.42. The van der Waals surface area contributed by atoms with E-state index in [0.29, 0.717) is 24.0 Å². The molecular formula is C15H16N2O2. The number of hydrogen-bond acceptors (Lipinski definition) is 4. The van der Waals surface area contributed by atoms with Crippen LogP contribution in [0, 0.1) is 11.3 Å². The van der Waals surface area contributed by atoms with Gasteiger partial charge >= 0.3 is 0 Å². The molecule has 2 aromatic rings. The Hall–Kier alpha value is -1.99. The van der Waals surface area contributed by atoms with Crippen molar-refractivity contribution in [2.45, 2.75) is 25.3 Å². The average molecular weight is 256 g/mol. The largest absolute Gasteiger partial charge is 0.487 e. The van der Waals surface area contributed by atoms with Gasteiger partial charge in [0, 0.05) is 6.04 Å². The third-order valence-electron chi connectivity index (χ3n) is 3.49. The number of rotatable bonds is 3. The predicted molar refractivity (Wildman–Crippen MR) is 72.1 cm³/mol. The van der Waals surface area contributed by atoms with Crippen LogP contribution in [0.2, 0.25) is 0 Å². The first-order valence-corrected chi connectivity index (χ1v) is 6.66. The molecule has 4 heteroatoms. The quantitative estimate of drug-likeness (QED) is 0.917. The Labute approximate surface area is 112 Å². The van der Waals surface area contributed by atoms with Crippen LogP contribution < -0.4 is 10.1 Å². The number of benzene rings is 1. The number of furan rings is 1. The summed E-state index contributed by atoms with van der Waals surface area (Å²) in [4.78, 5) is 0. The van der Waals surface area contributed by atoms with Gasteiger partial charge in [0.1, 0.15) is 18.3 Å². The van der Waals surface area contributed by atoms with E-state index in [2.05, 4.69) is 11.4 Å². The summed E-state index contributed by atoms with van der Waals surface area (Å²) in [6, 6.07) is 10.0. The van der Waals surface area contributed by atoms with Crippen LogP contribution in [0.1, 0.15) is 25.0 Å². The summed E-state index contributed by atoms with van der Waals surface area (Å²) in [7, 11) is 0. The average Bonchev–Trinajstić information content (AvgIpc) is 2.84. The lowest BCUT2D eigenvalue weighted by Crippen LogP contribution is -2.38. The van der Waals surface area contributed by atoms with E-state index in [1.807, 2.05) is 24.3 Å². The van der Waals surface area contributed by atoms with E-state index >= 15 is 0 Å². The van der Waals surface area contributed by atoms with E-state index in [9.17, 15) is 0 Å². The lowest BCUT2D eigenvalue weighted by atomic mass is 10.1. The Balaban J connectivity index is 1.81. The van der Waals surface area contributed by atoms with Gasteiger partial charge in [-0.2, -0.15) is 5.26 Å². The minimum Gasteiger partial charge on any atom is -0.487 e. The van der Waals surface area contributed by atoms with Crippen molar-refractivity contribution < 1.29 is 9.15 Å². The van der Waals surface area contributed by atoms with E-state index in [1.165, 1.54) is 12.8 Å². The van der Waals surface area contributed by atoms with Crippen LogP contribution in [0.3, 0.4) is 0 Å². The highest BCUT2D eigenvalue weighted by molar-refractivity contribution is 5.86. The molecule has 2 heterocycles. The van der Waals surface area contributed by atoms with Crippen molar-refractivity contribution >= 4 is 11.0 Å². The lowest BCUT2D eigenvalue weighted by molar-refractivity contribution is 0.238. The van der Waals surface area contributed by atoms with Gasteiger partial charge in [0.05, 0.1) is 5.39 Å². The number of fused-ring (bicyclic) bond motifs is 1. The fourth-order valence-electron chi connectivity index (χ4n) is 2.49. The number of ether oxygens (including phenoxy) is 1. The molecule has 98 valence electrons. The van der Waals surface area contributed by atoms with Crippen molar-refractivity contribution in [2.75, 3.05) is 13.2 Å². The molecule has 0 amide bonds. The summed E-state index contributed by atoms with van der Waals surface area (Å²) in [6.07, 6.45) is 3.59. The molecule has 1 aliphatic heterocycles. The van der Waals surface area contributed by atoms with Crippen molar-refractivity contribution in [1.82, 2.24) is 5.32 Å². The number of nitrogens with zero attached hydrogens (tertiary/aromatic N) is 1. The zero-order valence-corrected chi connectivity index (χ0v) is 10.7. The Kier molecular flexibility index (Phi) is 3.39. The van der Waals surface area contributed by atoms with Crippen LogP contribution in [0.4, 0.5) is 0 Å². The first kappa shape index (κ1) is 12.1. The number of nitriles is 1. The monoisotopic (exact) mass is 256 g/mol. The van der Waals surface area contributed by atoms with Crippen LogP contribution in [-0.4, -0.2) is 19.2 Å². The van der Waals surface area contributed by atoms with E-state index in [4.69, 9.17) is 14.4 Å². The summed E-state index contributed by atoms with van der Waals surface area (Å²) in [5, 5.41) is 13.4. The zero-order chi connectivity index (χ0) is 13.1. The number of hydrogen-bond donors (Lipinski definition) is 1. The summed E-state index contributed by atoms with van der Waals surface area (Å²) < 4.78 is 11.3. The molecule has 0 saturated carbocycles. The van der Waals surface area contributed by atoms with Crippen LogP contribution in [-0.2, 0) is 0 Å². The highest BCUT2D eigenvalue weighted by atomic mass is 16.5. The molecule has 1 N–H and O–H groups in total. The van der Waals surface area contributed by atoms with E-state index in [-0.39, 0.29) is 5.76 Å². The molecule has 19 heavy (non-hydrogen) atoms. The highest BCUT2D eigenvalue weighted by Gasteiger charge is 2.18. The maximum Gasteiger partial charge on any atom is 0.246 e. The van der Waals surface area contributed by atoms with Gasteiger partial charge in [-0.1, -0.05) is 18.6 Å². The van der Waals surface area contributed by atoms with Gasteiger partial charge in [-0.15, -0.1) is 0 Å². The first-order valence-electron chi connectivity index (χ1n) is 6.66. The number of nitrogens with one attached hydrogen (secondary N) is 1. The Morgan fingerprint density at radius 2 is 2.26 bits per heavy atom. The molecule has 0 spiro atoms. The molecule has 0 aliphatic carbocycles. The molecule has 1 aromatic carbocycles. The van der Waals surface area contributed by atoms with Gasteiger partial charge in [-0.25, -0.2) is 0 Å². The topological polar surface area (TPSA) is 58.2 Å². The fraction of sp³-hybridized carbons (Fsp3) is 0.400. The van der Waals surface area contributed by atoms with Crippen LogP contribution >= 0.6 is 0 Å². The molecule has 0 radical (unpaired) electrons. The van der Waals surface area contributed by atoms with Gasteiger partial charge in [0.25, 0.3) is 0 Å².